The molecule has 4 aliphatic carbocycles. The van der Waals surface area contributed by atoms with Gasteiger partial charge in [-0.2, -0.15) is 0 Å². The second kappa shape index (κ2) is 6.74. The lowest BCUT2D eigenvalue weighted by Gasteiger charge is -2.55. The first-order chi connectivity index (χ1) is 13.2. The van der Waals surface area contributed by atoms with E-state index < -0.39 is 0 Å². The van der Waals surface area contributed by atoms with Gasteiger partial charge in [-0.3, -0.25) is 4.79 Å². The molecule has 1 N–H and O–H groups in total. The van der Waals surface area contributed by atoms with Gasteiger partial charge in [0, 0.05) is 5.41 Å². The van der Waals surface area contributed by atoms with Crippen molar-refractivity contribution in [3.05, 3.63) is 54.0 Å². The number of carbonyl (C=O) groups is 1. The van der Waals surface area contributed by atoms with Gasteiger partial charge in [0.25, 0.3) is 5.91 Å². The lowest BCUT2D eigenvalue weighted by Crippen LogP contribution is -2.48. The molecule has 4 nitrogen and oxygen atoms in total. The lowest BCUT2D eigenvalue weighted by atomic mass is 9.49. The molecule has 0 unspecified atom stereocenters. The topological polar surface area (TPSA) is 51.5 Å². The smallest absolute Gasteiger partial charge is 0.287 e. The fourth-order valence-electron chi connectivity index (χ4n) is 6.09. The van der Waals surface area contributed by atoms with Crippen LogP contribution in [0.1, 0.15) is 54.8 Å². The lowest BCUT2D eigenvalue weighted by molar-refractivity contribution is -0.0154. The third-order valence-corrected chi connectivity index (χ3v) is 6.79. The van der Waals surface area contributed by atoms with Crippen LogP contribution in [-0.4, -0.2) is 19.1 Å². The Morgan fingerprint density at radius 3 is 2.33 bits per heavy atom. The molecule has 6 rings (SSSR count). The van der Waals surface area contributed by atoms with Gasteiger partial charge in [-0.25, -0.2) is 0 Å². The van der Waals surface area contributed by atoms with E-state index in [9.17, 15) is 4.79 Å². The maximum atomic E-state index is 12.4. The van der Waals surface area contributed by atoms with Crippen molar-refractivity contribution in [2.24, 2.45) is 17.8 Å². The summed E-state index contributed by atoms with van der Waals surface area (Å²) in [5, 5.41) is 2.90. The first kappa shape index (κ1) is 16.9. The Hall–Kier alpha value is -2.23. The van der Waals surface area contributed by atoms with Crippen molar-refractivity contribution >= 4 is 5.91 Å². The molecule has 0 atom stereocenters. The van der Waals surface area contributed by atoms with Gasteiger partial charge in [-0.05, 0) is 80.5 Å². The predicted octanol–water partition coefficient (Wildman–Crippen LogP) is 4.56. The van der Waals surface area contributed by atoms with Gasteiger partial charge >= 0.3 is 0 Å². The molecule has 1 aromatic carbocycles. The zero-order valence-corrected chi connectivity index (χ0v) is 15.7. The summed E-state index contributed by atoms with van der Waals surface area (Å²) in [6, 6.07) is 13.5. The molecule has 0 spiro atoms. The van der Waals surface area contributed by atoms with E-state index in [4.69, 9.17) is 9.15 Å². The second-order valence-corrected chi connectivity index (χ2v) is 8.78. The average molecular weight is 365 g/mol. The van der Waals surface area contributed by atoms with E-state index in [0.717, 1.165) is 29.3 Å². The highest BCUT2D eigenvalue weighted by Gasteiger charge is 2.53. The Bertz CT molecular complexity index is 775. The summed E-state index contributed by atoms with van der Waals surface area (Å²) in [4.78, 5) is 12.4. The molecular weight excluding hydrogens is 338 g/mol. The number of nitrogens with one attached hydrogen (secondary N) is 1. The van der Waals surface area contributed by atoms with Crippen molar-refractivity contribution in [1.29, 1.82) is 0 Å². The van der Waals surface area contributed by atoms with Crippen molar-refractivity contribution in [2.75, 3.05) is 13.2 Å². The fraction of sp³-hybridized carbons (Fsp3) is 0.522. The Balaban J connectivity index is 1.19. The molecule has 0 aliphatic heterocycles. The van der Waals surface area contributed by atoms with Crippen LogP contribution < -0.4 is 10.1 Å². The van der Waals surface area contributed by atoms with Crippen molar-refractivity contribution in [1.82, 2.24) is 5.32 Å². The number of ether oxygens (including phenoxy) is 1. The summed E-state index contributed by atoms with van der Waals surface area (Å²) in [6.45, 7) is 0.902. The third kappa shape index (κ3) is 3.26. The standard InChI is InChI=1S/C23H27NO3/c25-22(24-8-9-26-19-4-2-1-3-5-19)20-6-7-21(27-20)23-13-16-10-17(14-23)12-18(11-16)15-23/h1-7,16-18H,8-15H2,(H,24,25). The normalized spacial score (nSPS) is 31.0. The van der Waals surface area contributed by atoms with Crippen LogP contribution in [0.15, 0.2) is 46.9 Å². The number of carbonyl (C=O) groups excluding carboxylic acids is 1. The van der Waals surface area contributed by atoms with E-state index in [-0.39, 0.29) is 11.3 Å². The maximum absolute atomic E-state index is 12.4. The van der Waals surface area contributed by atoms with E-state index in [1.165, 1.54) is 38.5 Å². The van der Waals surface area contributed by atoms with Crippen LogP contribution in [0.5, 0.6) is 5.75 Å². The van der Waals surface area contributed by atoms with Gasteiger partial charge in [-0.15, -0.1) is 0 Å². The highest BCUT2D eigenvalue weighted by molar-refractivity contribution is 5.91. The zero-order chi connectivity index (χ0) is 18.3. The minimum Gasteiger partial charge on any atom is -0.492 e. The first-order valence-electron chi connectivity index (χ1n) is 10.3. The molecule has 27 heavy (non-hydrogen) atoms. The molecule has 1 heterocycles. The number of furan rings is 1. The summed E-state index contributed by atoms with van der Waals surface area (Å²) < 4.78 is 11.7. The van der Waals surface area contributed by atoms with E-state index >= 15 is 0 Å². The van der Waals surface area contributed by atoms with Crippen LogP contribution >= 0.6 is 0 Å². The van der Waals surface area contributed by atoms with Crippen LogP contribution in [-0.2, 0) is 5.41 Å². The van der Waals surface area contributed by atoms with Crippen molar-refractivity contribution in [2.45, 2.75) is 43.9 Å². The molecule has 4 saturated carbocycles. The molecule has 4 bridgehead atoms. The van der Waals surface area contributed by atoms with Gasteiger partial charge in [-0.1, -0.05) is 18.2 Å². The SMILES string of the molecule is O=C(NCCOc1ccccc1)c1ccc(C23CC4CC(CC(C4)C2)C3)o1. The molecule has 0 saturated heterocycles. The van der Waals surface area contributed by atoms with E-state index in [0.29, 0.717) is 18.9 Å². The highest BCUT2D eigenvalue weighted by Crippen LogP contribution is 2.60. The van der Waals surface area contributed by atoms with Crippen molar-refractivity contribution in [3.8, 4) is 5.75 Å². The molecule has 4 fully saturated rings. The number of hydrogen-bond acceptors (Lipinski definition) is 3. The molecule has 4 aliphatic rings. The van der Waals surface area contributed by atoms with Gasteiger partial charge < -0.3 is 14.5 Å². The van der Waals surface area contributed by atoms with Crippen molar-refractivity contribution < 1.29 is 13.9 Å². The quantitative estimate of drug-likeness (QED) is 0.764. The molecule has 0 radical (unpaired) electrons. The minimum atomic E-state index is -0.150. The highest BCUT2D eigenvalue weighted by atomic mass is 16.5. The number of hydrogen-bond donors (Lipinski definition) is 1. The molecular formula is C23H27NO3. The van der Waals surface area contributed by atoms with E-state index in [1.807, 2.05) is 36.4 Å². The summed E-state index contributed by atoms with van der Waals surface area (Å²) in [5.74, 6) is 4.75. The number of amides is 1. The maximum Gasteiger partial charge on any atom is 0.287 e. The summed E-state index contributed by atoms with van der Waals surface area (Å²) in [7, 11) is 0. The van der Waals surface area contributed by atoms with Crippen LogP contribution in [0.3, 0.4) is 0 Å². The fourth-order valence-corrected chi connectivity index (χ4v) is 6.09. The van der Waals surface area contributed by atoms with Gasteiger partial charge in [0.05, 0.1) is 6.54 Å². The molecule has 4 heteroatoms. The second-order valence-electron chi connectivity index (χ2n) is 8.78. The van der Waals surface area contributed by atoms with E-state index in [1.54, 1.807) is 0 Å². The summed E-state index contributed by atoms with van der Waals surface area (Å²) in [6.07, 6.45) is 7.98. The Morgan fingerprint density at radius 2 is 1.67 bits per heavy atom. The van der Waals surface area contributed by atoms with Crippen LogP contribution in [0.2, 0.25) is 0 Å². The summed E-state index contributed by atoms with van der Waals surface area (Å²) in [5.41, 5.74) is 0.198. The predicted molar refractivity (Wildman–Crippen MR) is 103 cm³/mol. The molecule has 2 aromatic rings. The Kier molecular flexibility index (Phi) is 4.22. The van der Waals surface area contributed by atoms with Gasteiger partial charge in [0.2, 0.25) is 0 Å². The molecule has 1 amide bonds. The minimum absolute atomic E-state index is 0.150. The number of rotatable bonds is 6. The summed E-state index contributed by atoms with van der Waals surface area (Å²) >= 11 is 0. The van der Waals surface area contributed by atoms with Crippen molar-refractivity contribution in [3.63, 3.8) is 0 Å². The average Bonchev–Trinajstić information content (AvgIpc) is 3.16. The Morgan fingerprint density at radius 1 is 1.00 bits per heavy atom. The van der Waals surface area contributed by atoms with Crippen LogP contribution in [0.4, 0.5) is 0 Å². The number of para-hydroxylation sites is 1. The van der Waals surface area contributed by atoms with Crippen LogP contribution in [0, 0.1) is 17.8 Å². The zero-order valence-electron chi connectivity index (χ0n) is 15.7. The molecule has 142 valence electrons. The number of benzene rings is 1. The monoisotopic (exact) mass is 365 g/mol. The molecule has 1 aromatic heterocycles. The Labute approximate surface area is 160 Å². The first-order valence-corrected chi connectivity index (χ1v) is 10.3. The van der Waals surface area contributed by atoms with E-state index in [2.05, 4.69) is 11.4 Å². The van der Waals surface area contributed by atoms with Gasteiger partial charge in [0.1, 0.15) is 18.1 Å². The third-order valence-electron chi connectivity index (χ3n) is 6.79. The van der Waals surface area contributed by atoms with Gasteiger partial charge in [0.15, 0.2) is 5.76 Å². The largest absolute Gasteiger partial charge is 0.492 e. The van der Waals surface area contributed by atoms with Crippen LogP contribution in [0.25, 0.3) is 0 Å².